The molecule has 0 spiro atoms. The van der Waals surface area contributed by atoms with Crippen LogP contribution in [0.25, 0.3) is 0 Å². The van der Waals surface area contributed by atoms with Gasteiger partial charge in [-0.05, 0) is 58.0 Å². The van der Waals surface area contributed by atoms with Crippen LogP contribution >= 0.6 is 85.3 Å². The first-order valence-electron chi connectivity index (χ1n) is 5.72. The van der Waals surface area contributed by atoms with Crippen molar-refractivity contribution in [1.29, 1.82) is 0 Å². The summed E-state index contributed by atoms with van der Waals surface area (Å²) >= 11 is 13.3. The van der Waals surface area contributed by atoms with Gasteiger partial charge < -0.3 is 0 Å². The first-order valence-corrected chi connectivity index (χ1v) is 11.0. The molecule has 114 valence electrons. The van der Waals surface area contributed by atoms with E-state index in [0.717, 1.165) is 30.5 Å². The van der Waals surface area contributed by atoms with Crippen LogP contribution in [-0.4, -0.2) is 10.2 Å². The molecule has 0 radical (unpaired) electrons. The molecule has 0 fully saturated rings. The van der Waals surface area contributed by atoms with Crippen LogP contribution in [-0.2, 0) is 0 Å². The van der Waals surface area contributed by atoms with Crippen LogP contribution in [0.15, 0.2) is 54.3 Å². The lowest BCUT2D eigenvalue weighted by Crippen LogP contribution is -1.97. The number of hydrogen-bond acceptors (Lipinski definition) is 4. The van der Waals surface area contributed by atoms with Gasteiger partial charge in [0.05, 0.1) is 0 Å². The Hall–Kier alpha value is 0.400. The Morgan fingerprint density at radius 1 is 0.682 bits per heavy atom. The Morgan fingerprint density at radius 3 is 1.41 bits per heavy atom. The second kappa shape index (κ2) is 8.48. The van der Waals surface area contributed by atoms with Crippen molar-refractivity contribution in [2.75, 3.05) is 0 Å². The molecule has 0 aliphatic heterocycles. The molecule has 0 aliphatic rings. The van der Waals surface area contributed by atoms with Crippen molar-refractivity contribution < 1.29 is 9.59 Å². The summed E-state index contributed by atoms with van der Waals surface area (Å²) in [6.45, 7) is 0. The monoisotopic (exact) mass is 586 g/mol. The van der Waals surface area contributed by atoms with Crippen molar-refractivity contribution in [2.45, 2.75) is 0 Å². The van der Waals surface area contributed by atoms with E-state index in [2.05, 4.69) is 63.7 Å². The average molecular weight is 590 g/mol. The van der Waals surface area contributed by atoms with Gasteiger partial charge >= 0.3 is 0 Å². The molecule has 0 unspecified atom stereocenters. The van der Waals surface area contributed by atoms with Gasteiger partial charge in [-0.25, -0.2) is 0 Å². The van der Waals surface area contributed by atoms with Crippen LogP contribution in [0.1, 0.15) is 20.7 Å². The Balaban J connectivity index is 2.09. The topological polar surface area (TPSA) is 34.1 Å². The van der Waals surface area contributed by atoms with Crippen molar-refractivity contribution in [1.82, 2.24) is 0 Å². The minimum atomic E-state index is -0.183. The number of hydrogen-bond donors (Lipinski definition) is 0. The van der Waals surface area contributed by atoms with Gasteiger partial charge in [0.25, 0.3) is 0 Å². The summed E-state index contributed by atoms with van der Waals surface area (Å²) in [5.74, 6) is 0. The van der Waals surface area contributed by atoms with E-state index in [1.54, 1.807) is 24.3 Å². The zero-order chi connectivity index (χ0) is 16.3. The normalized spacial score (nSPS) is 10.5. The highest BCUT2D eigenvalue weighted by atomic mass is 79.9. The molecule has 0 aromatic heterocycles. The third kappa shape index (κ3) is 4.95. The highest BCUT2D eigenvalue weighted by Gasteiger charge is 2.17. The van der Waals surface area contributed by atoms with Crippen LogP contribution in [0.5, 0.6) is 0 Å². The molecule has 0 N–H and O–H groups in total. The summed E-state index contributed by atoms with van der Waals surface area (Å²) in [6, 6.07) is 10.7. The number of carbonyl (C=O) groups excluding carboxylic acids is 2. The van der Waals surface area contributed by atoms with Gasteiger partial charge in [-0.15, -0.1) is 0 Å². The van der Waals surface area contributed by atoms with Crippen molar-refractivity contribution in [3.05, 3.63) is 65.4 Å². The minimum absolute atomic E-state index is 0.183. The Morgan fingerprint density at radius 2 is 1.05 bits per heavy atom. The fourth-order valence-electron chi connectivity index (χ4n) is 1.47. The van der Waals surface area contributed by atoms with Crippen molar-refractivity contribution in [3.8, 4) is 0 Å². The Bertz CT molecular complexity index is 686. The van der Waals surface area contributed by atoms with Crippen LogP contribution in [0, 0.1) is 0 Å². The molecular formula is C14H6Br4O2S2. The van der Waals surface area contributed by atoms with E-state index in [1.807, 2.05) is 12.1 Å². The quantitative estimate of drug-likeness (QED) is 0.350. The van der Waals surface area contributed by atoms with E-state index in [9.17, 15) is 9.59 Å². The molecule has 2 aromatic carbocycles. The third-order valence-corrected chi connectivity index (χ3v) is 6.84. The lowest BCUT2D eigenvalue weighted by atomic mass is 10.2. The maximum atomic E-state index is 12.2. The number of carbonyl (C=O) groups is 2. The summed E-state index contributed by atoms with van der Waals surface area (Å²) < 4.78 is 3.02. The lowest BCUT2D eigenvalue weighted by molar-refractivity contribution is 0.107. The van der Waals surface area contributed by atoms with Gasteiger partial charge in [0.2, 0.25) is 10.2 Å². The molecule has 0 saturated heterocycles. The van der Waals surface area contributed by atoms with E-state index < -0.39 is 0 Å². The van der Waals surface area contributed by atoms with Crippen molar-refractivity contribution in [3.63, 3.8) is 0 Å². The zero-order valence-corrected chi connectivity index (χ0v) is 18.6. The Labute approximate surface area is 169 Å². The molecule has 0 atom stereocenters. The fourth-order valence-corrected chi connectivity index (χ4v) is 4.97. The zero-order valence-electron chi connectivity index (χ0n) is 10.6. The molecule has 0 saturated carbocycles. The molecule has 2 aromatic rings. The summed E-state index contributed by atoms with van der Waals surface area (Å²) in [7, 11) is 1.82. The molecule has 2 rings (SSSR count). The van der Waals surface area contributed by atoms with Gasteiger partial charge in [0, 0.05) is 29.0 Å². The van der Waals surface area contributed by atoms with Crippen molar-refractivity contribution >= 4 is 95.5 Å². The first-order chi connectivity index (χ1) is 10.4. The summed E-state index contributed by atoms with van der Waals surface area (Å²) in [6.07, 6.45) is 0. The molecule has 8 heteroatoms. The third-order valence-electron chi connectivity index (χ3n) is 2.49. The second-order valence-corrected chi connectivity index (χ2v) is 9.60. The van der Waals surface area contributed by atoms with Crippen LogP contribution in [0.2, 0.25) is 0 Å². The molecule has 22 heavy (non-hydrogen) atoms. The van der Waals surface area contributed by atoms with Crippen LogP contribution in [0.4, 0.5) is 0 Å². The number of rotatable bonds is 2. The molecule has 2 nitrogen and oxygen atoms in total. The lowest BCUT2D eigenvalue weighted by Gasteiger charge is -2.05. The van der Waals surface area contributed by atoms with E-state index in [-0.39, 0.29) is 10.2 Å². The molecule has 0 aliphatic carbocycles. The van der Waals surface area contributed by atoms with Gasteiger partial charge in [0.15, 0.2) is 0 Å². The standard InChI is InChI=1S/C14H6Br4O2S2/c15-7-1-3-11(17)9(5-7)13(19)21-22-14(20)10-6-8(16)2-4-12(10)18/h1-6H. The first kappa shape index (κ1) is 18.7. The average Bonchev–Trinajstić information content (AvgIpc) is 2.49. The van der Waals surface area contributed by atoms with Gasteiger partial charge in [-0.2, -0.15) is 0 Å². The van der Waals surface area contributed by atoms with Crippen LogP contribution < -0.4 is 0 Å². The highest BCUT2D eigenvalue weighted by Crippen LogP contribution is 2.35. The SMILES string of the molecule is O=C(SSC(=O)c1cc(Br)ccc1Br)c1cc(Br)ccc1Br. The summed E-state index contributed by atoms with van der Waals surface area (Å²) in [5, 5.41) is -0.365. The van der Waals surface area contributed by atoms with Gasteiger partial charge in [-0.1, -0.05) is 63.7 Å². The van der Waals surface area contributed by atoms with E-state index in [4.69, 9.17) is 0 Å². The maximum absolute atomic E-state index is 12.2. The fraction of sp³-hybridized carbons (Fsp3) is 0. The number of benzene rings is 2. The molecule has 0 heterocycles. The predicted octanol–water partition coefficient (Wildman–Crippen LogP) is 7.10. The smallest absolute Gasteiger partial charge is 0.231 e. The van der Waals surface area contributed by atoms with Crippen molar-refractivity contribution in [2.24, 2.45) is 0 Å². The maximum Gasteiger partial charge on any atom is 0.231 e. The molecular weight excluding hydrogens is 584 g/mol. The van der Waals surface area contributed by atoms with E-state index >= 15 is 0 Å². The molecule has 0 bridgehead atoms. The minimum Gasteiger partial charge on any atom is -0.281 e. The van der Waals surface area contributed by atoms with E-state index in [0.29, 0.717) is 20.1 Å². The van der Waals surface area contributed by atoms with Gasteiger partial charge in [-0.3, -0.25) is 9.59 Å². The Kier molecular flexibility index (Phi) is 7.22. The van der Waals surface area contributed by atoms with Gasteiger partial charge in [0.1, 0.15) is 0 Å². The largest absolute Gasteiger partial charge is 0.281 e. The number of halogens is 4. The summed E-state index contributed by atoms with van der Waals surface area (Å²) in [5.41, 5.74) is 1.04. The highest BCUT2D eigenvalue weighted by molar-refractivity contribution is 9.11. The summed E-state index contributed by atoms with van der Waals surface area (Å²) in [4.78, 5) is 24.4. The van der Waals surface area contributed by atoms with Crippen LogP contribution in [0.3, 0.4) is 0 Å². The van der Waals surface area contributed by atoms with E-state index in [1.165, 1.54) is 0 Å². The molecule has 0 amide bonds. The second-order valence-electron chi connectivity index (χ2n) is 3.99. The predicted molar refractivity (Wildman–Crippen MR) is 108 cm³/mol.